The van der Waals surface area contributed by atoms with E-state index in [4.69, 9.17) is 5.11 Å². The quantitative estimate of drug-likeness (QED) is 0.692. The Hall–Kier alpha value is -1.88. The lowest BCUT2D eigenvalue weighted by Crippen LogP contribution is -2.38. The summed E-state index contributed by atoms with van der Waals surface area (Å²) in [5.41, 5.74) is 2.59. The molecule has 0 aliphatic carbocycles. The third-order valence-electron chi connectivity index (χ3n) is 2.39. The summed E-state index contributed by atoms with van der Waals surface area (Å²) >= 11 is 0. The molecule has 3 N–H and O–H groups in total. The Bertz CT molecular complexity index is 456. The van der Waals surface area contributed by atoms with Gasteiger partial charge in [-0.1, -0.05) is 17.7 Å². The minimum atomic E-state index is -0.754. The molecule has 0 aliphatic rings. The number of hydrogen-bond donors (Lipinski definition) is 3. The molecule has 0 heterocycles. The predicted octanol–water partition coefficient (Wildman–Crippen LogP) is 0.739. The van der Waals surface area contributed by atoms with Crippen LogP contribution in [-0.2, 0) is 9.59 Å². The first-order valence-corrected chi connectivity index (χ1v) is 5.74. The van der Waals surface area contributed by atoms with Crippen LogP contribution in [0, 0.1) is 13.8 Å². The number of nitrogens with one attached hydrogen (secondary N) is 2. The number of aryl methyl sites for hydroxylation is 2. The number of aliphatic hydroxyl groups excluding tert-OH is 1. The first-order chi connectivity index (χ1) is 8.40. The topological polar surface area (TPSA) is 78.4 Å². The van der Waals surface area contributed by atoms with E-state index in [0.717, 1.165) is 11.1 Å². The number of amides is 2. The van der Waals surface area contributed by atoms with Crippen molar-refractivity contribution < 1.29 is 14.7 Å². The second kappa shape index (κ2) is 6.16. The van der Waals surface area contributed by atoms with Gasteiger partial charge < -0.3 is 15.7 Å². The van der Waals surface area contributed by atoms with Gasteiger partial charge in [-0.3, -0.25) is 9.59 Å². The highest BCUT2D eigenvalue weighted by molar-refractivity contribution is 6.39. The number of hydrogen-bond acceptors (Lipinski definition) is 3. The zero-order chi connectivity index (χ0) is 13.7. The first kappa shape index (κ1) is 14.2. The van der Waals surface area contributed by atoms with Gasteiger partial charge >= 0.3 is 11.8 Å². The molecule has 1 aromatic carbocycles. The number of rotatable bonds is 3. The van der Waals surface area contributed by atoms with Crippen molar-refractivity contribution in [2.24, 2.45) is 0 Å². The molecule has 1 rings (SSSR count). The summed E-state index contributed by atoms with van der Waals surface area (Å²) in [6, 6.07) is 5.53. The maximum atomic E-state index is 11.6. The maximum absolute atomic E-state index is 11.6. The van der Waals surface area contributed by atoms with Gasteiger partial charge in [-0.2, -0.15) is 0 Å². The summed E-state index contributed by atoms with van der Waals surface area (Å²) in [5.74, 6) is -1.49. The fourth-order valence-electron chi connectivity index (χ4n) is 1.45. The van der Waals surface area contributed by atoms with E-state index in [2.05, 4.69) is 10.6 Å². The highest BCUT2D eigenvalue weighted by Crippen LogP contribution is 2.15. The largest absolute Gasteiger partial charge is 0.392 e. The molecule has 18 heavy (non-hydrogen) atoms. The average molecular weight is 250 g/mol. The van der Waals surface area contributed by atoms with Crippen LogP contribution in [0.4, 0.5) is 5.69 Å². The maximum Gasteiger partial charge on any atom is 0.313 e. The summed E-state index contributed by atoms with van der Waals surface area (Å²) < 4.78 is 0. The summed E-state index contributed by atoms with van der Waals surface area (Å²) in [5, 5.41) is 13.9. The van der Waals surface area contributed by atoms with E-state index < -0.39 is 17.9 Å². The molecule has 0 saturated heterocycles. The Morgan fingerprint density at radius 3 is 2.50 bits per heavy atom. The van der Waals surface area contributed by atoms with E-state index in [-0.39, 0.29) is 6.54 Å². The minimum absolute atomic E-state index is 0.0547. The summed E-state index contributed by atoms with van der Waals surface area (Å²) in [4.78, 5) is 23.0. The minimum Gasteiger partial charge on any atom is -0.392 e. The van der Waals surface area contributed by atoms with Crippen LogP contribution in [0.2, 0.25) is 0 Å². The van der Waals surface area contributed by atoms with Crippen molar-refractivity contribution in [3.8, 4) is 0 Å². The Kier molecular flexibility index (Phi) is 4.85. The van der Waals surface area contributed by atoms with Gasteiger partial charge in [0.25, 0.3) is 0 Å². The highest BCUT2D eigenvalue weighted by atomic mass is 16.3. The third-order valence-corrected chi connectivity index (χ3v) is 2.39. The number of anilines is 1. The van der Waals surface area contributed by atoms with Crippen LogP contribution in [-0.4, -0.2) is 29.6 Å². The second-order valence-electron chi connectivity index (χ2n) is 4.33. The van der Waals surface area contributed by atoms with E-state index in [1.807, 2.05) is 26.0 Å². The van der Waals surface area contributed by atoms with Crippen molar-refractivity contribution in [3.05, 3.63) is 29.3 Å². The van der Waals surface area contributed by atoms with Crippen LogP contribution in [0.3, 0.4) is 0 Å². The fourth-order valence-corrected chi connectivity index (χ4v) is 1.45. The zero-order valence-corrected chi connectivity index (χ0v) is 10.8. The van der Waals surface area contributed by atoms with Crippen molar-refractivity contribution in [3.63, 3.8) is 0 Å². The predicted molar refractivity (Wildman–Crippen MR) is 69.2 cm³/mol. The van der Waals surface area contributed by atoms with Crippen molar-refractivity contribution in [1.82, 2.24) is 5.32 Å². The molecule has 0 spiro atoms. The van der Waals surface area contributed by atoms with Gasteiger partial charge in [-0.05, 0) is 32.4 Å². The molecule has 0 aromatic heterocycles. The van der Waals surface area contributed by atoms with E-state index in [1.54, 1.807) is 6.07 Å². The zero-order valence-electron chi connectivity index (χ0n) is 10.8. The smallest absolute Gasteiger partial charge is 0.313 e. The number of benzene rings is 1. The number of carbonyl (C=O) groups is 2. The van der Waals surface area contributed by atoms with Gasteiger partial charge in [-0.15, -0.1) is 0 Å². The molecule has 1 atom stereocenters. The lowest BCUT2D eigenvalue weighted by molar-refractivity contribution is -0.136. The first-order valence-electron chi connectivity index (χ1n) is 5.74. The molecule has 5 heteroatoms. The molecular weight excluding hydrogens is 232 g/mol. The average Bonchev–Trinajstić information content (AvgIpc) is 2.29. The molecule has 1 unspecified atom stereocenters. The monoisotopic (exact) mass is 250 g/mol. The van der Waals surface area contributed by atoms with Gasteiger partial charge in [0.2, 0.25) is 0 Å². The van der Waals surface area contributed by atoms with E-state index >= 15 is 0 Å². The van der Waals surface area contributed by atoms with Crippen LogP contribution in [0.15, 0.2) is 18.2 Å². The Morgan fingerprint density at radius 1 is 1.28 bits per heavy atom. The van der Waals surface area contributed by atoms with Crippen LogP contribution in [0.25, 0.3) is 0 Å². The molecule has 0 radical (unpaired) electrons. The normalized spacial score (nSPS) is 11.8. The molecule has 5 nitrogen and oxygen atoms in total. The molecular formula is C13H18N2O3. The van der Waals surface area contributed by atoms with Gasteiger partial charge in [0.1, 0.15) is 0 Å². The second-order valence-corrected chi connectivity index (χ2v) is 4.33. The van der Waals surface area contributed by atoms with E-state index in [0.29, 0.717) is 5.69 Å². The highest BCUT2D eigenvalue weighted by Gasteiger charge is 2.14. The van der Waals surface area contributed by atoms with Crippen molar-refractivity contribution >= 4 is 17.5 Å². The SMILES string of the molecule is Cc1ccc(NC(=O)C(=O)NCC(C)O)c(C)c1. The van der Waals surface area contributed by atoms with Crippen molar-refractivity contribution in [2.75, 3.05) is 11.9 Å². The van der Waals surface area contributed by atoms with Gasteiger partial charge in [0, 0.05) is 12.2 Å². The van der Waals surface area contributed by atoms with Crippen molar-refractivity contribution in [2.45, 2.75) is 26.9 Å². The van der Waals surface area contributed by atoms with Gasteiger partial charge in [-0.25, -0.2) is 0 Å². The Labute approximate surface area is 106 Å². The standard InChI is InChI=1S/C13H18N2O3/c1-8-4-5-11(9(2)6-8)15-13(18)12(17)14-7-10(3)16/h4-6,10,16H,7H2,1-3H3,(H,14,17)(H,15,18). The van der Waals surface area contributed by atoms with E-state index in [9.17, 15) is 9.59 Å². The van der Waals surface area contributed by atoms with Crippen LogP contribution in [0.5, 0.6) is 0 Å². The molecule has 1 aromatic rings. The number of carbonyl (C=O) groups excluding carboxylic acids is 2. The Morgan fingerprint density at radius 2 is 1.94 bits per heavy atom. The fraction of sp³-hybridized carbons (Fsp3) is 0.385. The Balaban J connectivity index is 2.61. The molecule has 0 bridgehead atoms. The molecule has 2 amide bonds. The lowest BCUT2D eigenvalue weighted by atomic mass is 10.1. The summed E-state index contributed by atoms with van der Waals surface area (Å²) in [6.45, 7) is 5.39. The van der Waals surface area contributed by atoms with Crippen molar-refractivity contribution in [1.29, 1.82) is 0 Å². The van der Waals surface area contributed by atoms with Gasteiger partial charge in [0.15, 0.2) is 0 Å². The van der Waals surface area contributed by atoms with Crippen LogP contribution in [0.1, 0.15) is 18.1 Å². The van der Waals surface area contributed by atoms with E-state index in [1.165, 1.54) is 6.92 Å². The van der Waals surface area contributed by atoms with Crippen LogP contribution >= 0.6 is 0 Å². The van der Waals surface area contributed by atoms with Crippen LogP contribution < -0.4 is 10.6 Å². The summed E-state index contributed by atoms with van der Waals surface area (Å²) in [6.07, 6.45) is -0.678. The lowest BCUT2D eigenvalue weighted by Gasteiger charge is -2.10. The molecule has 98 valence electrons. The molecule has 0 saturated carbocycles. The van der Waals surface area contributed by atoms with Gasteiger partial charge in [0.05, 0.1) is 6.10 Å². The molecule has 0 fully saturated rings. The third kappa shape index (κ3) is 4.18. The molecule has 0 aliphatic heterocycles. The number of aliphatic hydroxyl groups is 1. The summed E-state index contributed by atoms with van der Waals surface area (Å²) in [7, 11) is 0.